The van der Waals surface area contributed by atoms with Crippen LogP contribution in [-0.2, 0) is 6.54 Å². The van der Waals surface area contributed by atoms with Crippen LogP contribution in [0.1, 0.15) is 35.8 Å². The number of rotatable bonds is 5. The molecule has 5 rings (SSSR count). The van der Waals surface area contributed by atoms with E-state index in [1.54, 1.807) is 29.3 Å². The molecule has 1 aliphatic rings. The number of aryl methyl sites for hydroxylation is 1. The van der Waals surface area contributed by atoms with Gasteiger partial charge in [-0.1, -0.05) is 36.7 Å². The molecular formula is C25H27ClFN7O3S. The highest BCUT2D eigenvalue weighted by Gasteiger charge is 2.25. The third-order valence-electron chi connectivity index (χ3n) is 5.66. The summed E-state index contributed by atoms with van der Waals surface area (Å²) in [6, 6.07) is 8.02. The van der Waals surface area contributed by atoms with Crippen molar-refractivity contribution in [2.75, 3.05) is 26.2 Å². The van der Waals surface area contributed by atoms with E-state index in [4.69, 9.17) is 16.1 Å². The predicted octanol–water partition coefficient (Wildman–Crippen LogP) is 4.55. The summed E-state index contributed by atoms with van der Waals surface area (Å²) in [5.41, 5.74) is 1.37. The van der Waals surface area contributed by atoms with E-state index in [1.165, 1.54) is 29.7 Å². The predicted molar refractivity (Wildman–Crippen MR) is 141 cm³/mol. The Hall–Kier alpha value is -3.61. The van der Waals surface area contributed by atoms with Crippen molar-refractivity contribution in [3.05, 3.63) is 74.7 Å². The molecule has 38 heavy (non-hydrogen) atoms. The van der Waals surface area contributed by atoms with Crippen molar-refractivity contribution >= 4 is 34.7 Å². The minimum atomic E-state index is -0.699. The second-order valence-corrected chi connectivity index (χ2v) is 9.43. The molecule has 0 atom stereocenters. The third-order valence-corrected chi connectivity index (χ3v) is 6.70. The number of aromatic nitrogens is 4. The van der Waals surface area contributed by atoms with Crippen molar-refractivity contribution in [1.29, 1.82) is 0 Å². The first-order chi connectivity index (χ1) is 18.4. The van der Waals surface area contributed by atoms with Crippen LogP contribution in [0.5, 0.6) is 0 Å². The number of carbonyl (C=O) groups excluding carboxylic acids is 1. The molecule has 4 aromatic rings. The topological polar surface area (TPSA) is 113 Å². The molecule has 1 fully saturated rings. The lowest BCUT2D eigenvalue weighted by molar-refractivity contribution is 0.0622. The number of hydrogen-bond donors (Lipinski definition) is 1. The zero-order valence-corrected chi connectivity index (χ0v) is 22.7. The molecule has 4 heterocycles. The summed E-state index contributed by atoms with van der Waals surface area (Å²) in [4.78, 5) is 30.3. The van der Waals surface area contributed by atoms with Crippen molar-refractivity contribution in [2.24, 2.45) is 4.99 Å². The number of piperazine rings is 1. The highest BCUT2D eigenvalue weighted by molar-refractivity contribution is 7.07. The number of pyridine rings is 1. The Morgan fingerprint density at radius 3 is 2.63 bits per heavy atom. The second-order valence-electron chi connectivity index (χ2n) is 8.15. The molecule has 1 aliphatic heterocycles. The molecule has 3 aromatic heterocycles. The third kappa shape index (κ3) is 6.26. The lowest BCUT2D eigenvalue weighted by atomic mass is 10.1. The highest BCUT2D eigenvalue weighted by atomic mass is 35.5. The maximum Gasteiger partial charge on any atom is 0.256 e. The van der Waals surface area contributed by atoms with E-state index in [0.717, 1.165) is 10.4 Å². The molecule has 10 nitrogen and oxygen atoms in total. The number of hydrogen-bond acceptors (Lipinski definition) is 9. The molecule has 1 saturated heterocycles. The molecule has 0 saturated carbocycles. The lowest BCUT2D eigenvalue weighted by Gasteiger charge is -2.34. The Morgan fingerprint density at radius 1 is 1.21 bits per heavy atom. The van der Waals surface area contributed by atoms with Gasteiger partial charge in [0.05, 0.1) is 22.5 Å². The van der Waals surface area contributed by atoms with E-state index in [1.807, 2.05) is 19.9 Å². The first kappa shape index (κ1) is 27.4. The Morgan fingerprint density at radius 2 is 1.97 bits per heavy atom. The van der Waals surface area contributed by atoms with Gasteiger partial charge in [-0.15, -0.1) is 11.3 Å². The molecule has 0 unspecified atom stereocenters. The van der Waals surface area contributed by atoms with Gasteiger partial charge < -0.3 is 14.6 Å². The van der Waals surface area contributed by atoms with Crippen molar-refractivity contribution in [2.45, 2.75) is 27.3 Å². The zero-order valence-electron chi connectivity index (χ0n) is 21.1. The summed E-state index contributed by atoms with van der Waals surface area (Å²) in [7, 11) is 0. The van der Waals surface area contributed by atoms with Crippen LogP contribution < -0.4 is 4.80 Å². The normalized spacial score (nSPS) is 14.3. The van der Waals surface area contributed by atoms with E-state index >= 15 is 0 Å². The highest BCUT2D eigenvalue weighted by Crippen LogP contribution is 2.24. The van der Waals surface area contributed by atoms with Gasteiger partial charge >= 0.3 is 0 Å². The van der Waals surface area contributed by atoms with Gasteiger partial charge in [0, 0.05) is 50.6 Å². The van der Waals surface area contributed by atoms with E-state index in [0.29, 0.717) is 60.6 Å². The fourth-order valence-electron chi connectivity index (χ4n) is 3.88. The summed E-state index contributed by atoms with van der Waals surface area (Å²) >= 11 is 7.10. The fraction of sp³-hybridized carbons (Fsp3) is 0.320. The van der Waals surface area contributed by atoms with E-state index in [2.05, 4.69) is 25.0 Å². The minimum absolute atomic E-state index is 0.0262. The monoisotopic (exact) mass is 559 g/mol. The Bertz CT molecular complexity index is 1480. The largest absolute Gasteiger partial charge is 0.426 e. The molecule has 0 radical (unpaired) electrons. The van der Waals surface area contributed by atoms with Crippen LogP contribution in [0.15, 0.2) is 51.4 Å². The Kier molecular flexibility index (Phi) is 8.87. The molecule has 1 amide bonds. The summed E-state index contributed by atoms with van der Waals surface area (Å²) < 4.78 is 20.4. The van der Waals surface area contributed by atoms with Crippen LogP contribution in [0.25, 0.3) is 11.4 Å². The lowest BCUT2D eigenvalue weighted by Crippen LogP contribution is -2.48. The number of carbonyl (C=O) groups is 1. The summed E-state index contributed by atoms with van der Waals surface area (Å²) in [5.74, 6) is 0.160. The Balaban J connectivity index is 0.00000164. The SMILES string of the molecule is CC.Cc1nc(-c2cc(CN3CCN(C(=O)c4cccc(Cl)c4F)CC3)nc(/N=c3\sccn3O)c2)no1. The first-order valence-electron chi connectivity index (χ1n) is 12.0. The van der Waals surface area contributed by atoms with Crippen LogP contribution in [0, 0.1) is 12.7 Å². The van der Waals surface area contributed by atoms with Crippen LogP contribution in [0.4, 0.5) is 10.2 Å². The van der Waals surface area contributed by atoms with Gasteiger partial charge in [0.2, 0.25) is 16.5 Å². The molecule has 200 valence electrons. The van der Waals surface area contributed by atoms with Gasteiger partial charge in [-0.25, -0.2) is 9.37 Å². The quantitative estimate of drug-likeness (QED) is 0.357. The van der Waals surface area contributed by atoms with Gasteiger partial charge in [0.1, 0.15) is 0 Å². The number of halogens is 2. The second kappa shape index (κ2) is 12.3. The van der Waals surface area contributed by atoms with E-state index < -0.39 is 5.82 Å². The fourth-order valence-corrected chi connectivity index (χ4v) is 4.66. The van der Waals surface area contributed by atoms with Gasteiger partial charge in [-0.2, -0.15) is 14.7 Å². The van der Waals surface area contributed by atoms with Crippen LogP contribution in [0.3, 0.4) is 0 Å². The molecule has 0 spiro atoms. The summed E-state index contributed by atoms with van der Waals surface area (Å²) in [5, 5.41) is 15.5. The molecule has 0 aliphatic carbocycles. The minimum Gasteiger partial charge on any atom is -0.426 e. The first-order valence-corrected chi connectivity index (χ1v) is 13.3. The maximum absolute atomic E-state index is 14.3. The standard InChI is InChI=1S/C23H21ClFN7O3S.C2H6/c1-14-26-21(29-35-14)15-11-16(27-19(12-15)28-23-32(34)9-10-36-23)13-30-5-7-31(8-6-30)22(33)17-3-2-4-18(24)20(17)25;1-2/h2-4,9-12,34H,5-8,13H2,1H3;1-2H3/b28-23-;. The van der Waals surface area contributed by atoms with Crippen molar-refractivity contribution in [1.82, 2.24) is 29.7 Å². The maximum atomic E-state index is 14.3. The number of benzene rings is 1. The van der Waals surface area contributed by atoms with Crippen molar-refractivity contribution < 1.29 is 18.9 Å². The molecule has 13 heteroatoms. The van der Waals surface area contributed by atoms with E-state index in [-0.39, 0.29) is 16.5 Å². The van der Waals surface area contributed by atoms with E-state index in [9.17, 15) is 14.4 Å². The van der Waals surface area contributed by atoms with Gasteiger partial charge in [-0.3, -0.25) is 9.69 Å². The number of thiazole rings is 1. The number of nitrogens with zero attached hydrogens (tertiary/aromatic N) is 7. The van der Waals surface area contributed by atoms with Crippen LogP contribution >= 0.6 is 22.9 Å². The number of amides is 1. The Labute approximate surface area is 227 Å². The smallest absolute Gasteiger partial charge is 0.256 e. The van der Waals surface area contributed by atoms with Crippen molar-refractivity contribution in [3.8, 4) is 11.4 Å². The summed E-state index contributed by atoms with van der Waals surface area (Å²) in [6.45, 7) is 8.23. The average Bonchev–Trinajstić information content (AvgIpc) is 3.54. The van der Waals surface area contributed by atoms with Gasteiger partial charge in [0.25, 0.3) is 5.91 Å². The average molecular weight is 560 g/mol. The molecular weight excluding hydrogens is 533 g/mol. The molecule has 1 aromatic carbocycles. The summed E-state index contributed by atoms with van der Waals surface area (Å²) in [6.07, 6.45) is 1.49. The van der Waals surface area contributed by atoms with Crippen LogP contribution in [-0.4, -0.2) is 66.9 Å². The van der Waals surface area contributed by atoms with Gasteiger partial charge in [-0.05, 0) is 24.3 Å². The van der Waals surface area contributed by atoms with Crippen LogP contribution in [0.2, 0.25) is 5.02 Å². The molecule has 1 N–H and O–H groups in total. The zero-order chi connectivity index (χ0) is 27.2. The molecule has 0 bridgehead atoms. The van der Waals surface area contributed by atoms with Crippen molar-refractivity contribution in [3.63, 3.8) is 0 Å². The van der Waals surface area contributed by atoms with Gasteiger partial charge in [0.15, 0.2) is 11.6 Å².